The predicted octanol–water partition coefficient (Wildman–Crippen LogP) is 3.87. The lowest BCUT2D eigenvalue weighted by Gasteiger charge is -2.06. The molecule has 0 spiro atoms. The molecule has 1 saturated heterocycles. The summed E-state index contributed by atoms with van der Waals surface area (Å²) in [4.78, 5) is 24.3. The van der Waals surface area contributed by atoms with E-state index in [2.05, 4.69) is 0 Å². The van der Waals surface area contributed by atoms with Crippen LogP contribution >= 0.6 is 0 Å². The third kappa shape index (κ3) is 3.77. The van der Waals surface area contributed by atoms with E-state index in [1.54, 1.807) is 26.4 Å². The molecule has 2 aromatic carbocycles. The van der Waals surface area contributed by atoms with Crippen LogP contribution in [0.15, 0.2) is 47.5 Å². The van der Waals surface area contributed by atoms with Crippen LogP contribution in [0.2, 0.25) is 0 Å². The van der Waals surface area contributed by atoms with Crippen LogP contribution in [0.4, 0.5) is 0 Å². The maximum absolute atomic E-state index is 12.2. The quantitative estimate of drug-likeness (QED) is 0.468. The predicted molar refractivity (Wildman–Crippen MR) is 103 cm³/mol. The number of hydrogen-bond acceptors (Lipinski definition) is 5. The SMILES string of the molecule is COc1ccc(C=C2C(=O)OC(=O)/C2=C/c2ccc(OC)c(C)c2)cc1C. The van der Waals surface area contributed by atoms with Gasteiger partial charge in [-0.05, 0) is 72.5 Å². The zero-order valence-corrected chi connectivity index (χ0v) is 15.7. The summed E-state index contributed by atoms with van der Waals surface area (Å²) in [6.07, 6.45) is 3.31. The molecule has 27 heavy (non-hydrogen) atoms. The minimum atomic E-state index is -0.648. The monoisotopic (exact) mass is 364 g/mol. The van der Waals surface area contributed by atoms with Gasteiger partial charge < -0.3 is 14.2 Å². The second kappa shape index (κ2) is 7.50. The number of esters is 2. The molecule has 0 N–H and O–H groups in total. The molecule has 0 bridgehead atoms. The van der Waals surface area contributed by atoms with Gasteiger partial charge in [0.25, 0.3) is 0 Å². The molecule has 0 atom stereocenters. The summed E-state index contributed by atoms with van der Waals surface area (Å²) in [5, 5.41) is 0. The van der Waals surface area contributed by atoms with Crippen LogP contribution in [0.3, 0.4) is 0 Å². The zero-order chi connectivity index (χ0) is 19.6. The number of hydrogen-bond donors (Lipinski definition) is 0. The Bertz CT molecular complexity index is 903. The lowest BCUT2D eigenvalue weighted by atomic mass is 10.0. The summed E-state index contributed by atoms with van der Waals surface area (Å²) in [7, 11) is 3.20. The molecule has 0 amide bonds. The molecule has 1 aliphatic heterocycles. The Morgan fingerprint density at radius 1 is 0.741 bits per heavy atom. The van der Waals surface area contributed by atoms with Crippen LogP contribution in [-0.2, 0) is 14.3 Å². The minimum Gasteiger partial charge on any atom is -0.496 e. The highest BCUT2D eigenvalue weighted by molar-refractivity contribution is 6.22. The number of methoxy groups -OCH3 is 2. The first-order valence-electron chi connectivity index (χ1n) is 8.42. The Morgan fingerprint density at radius 2 is 1.15 bits per heavy atom. The molecule has 5 nitrogen and oxygen atoms in total. The van der Waals surface area contributed by atoms with E-state index in [1.807, 2.05) is 50.2 Å². The maximum atomic E-state index is 12.2. The Labute approximate surface area is 157 Å². The molecule has 1 fully saturated rings. The number of ether oxygens (including phenoxy) is 3. The van der Waals surface area contributed by atoms with Gasteiger partial charge in [0.05, 0.1) is 25.4 Å². The van der Waals surface area contributed by atoms with Crippen LogP contribution in [-0.4, -0.2) is 26.2 Å². The van der Waals surface area contributed by atoms with E-state index in [-0.39, 0.29) is 11.1 Å². The lowest BCUT2D eigenvalue weighted by molar-refractivity contribution is -0.149. The number of rotatable bonds is 4. The van der Waals surface area contributed by atoms with E-state index in [1.165, 1.54) is 0 Å². The van der Waals surface area contributed by atoms with Gasteiger partial charge in [0.1, 0.15) is 11.5 Å². The fourth-order valence-electron chi connectivity index (χ4n) is 3.00. The van der Waals surface area contributed by atoms with Gasteiger partial charge in [-0.2, -0.15) is 0 Å². The van der Waals surface area contributed by atoms with Gasteiger partial charge in [-0.1, -0.05) is 12.1 Å². The molecular formula is C22H20O5. The van der Waals surface area contributed by atoms with Gasteiger partial charge in [0, 0.05) is 0 Å². The Kier molecular flexibility index (Phi) is 5.12. The minimum absolute atomic E-state index is 0.234. The van der Waals surface area contributed by atoms with Crippen molar-refractivity contribution in [3.63, 3.8) is 0 Å². The fourth-order valence-corrected chi connectivity index (χ4v) is 3.00. The van der Waals surface area contributed by atoms with Crippen molar-refractivity contribution >= 4 is 24.1 Å². The van der Waals surface area contributed by atoms with Crippen LogP contribution in [0.25, 0.3) is 12.2 Å². The van der Waals surface area contributed by atoms with Crippen molar-refractivity contribution in [3.05, 3.63) is 69.8 Å². The van der Waals surface area contributed by atoms with Gasteiger partial charge in [0.15, 0.2) is 0 Å². The van der Waals surface area contributed by atoms with E-state index in [0.29, 0.717) is 0 Å². The third-order valence-corrected chi connectivity index (χ3v) is 4.38. The van der Waals surface area contributed by atoms with Crippen molar-refractivity contribution in [3.8, 4) is 11.5 Å². The zero-order valence-electron chi connectivity index (χ0n) is 15.7. The van der Waals surface area contributed by atoms with Gasteiger partial charge in [-0.15, -0.1) is 0 Å². The van der Waals surface area contributed by atoms with Crippen LogP contribution < -0.4 is 9.47 Å². The molecule has 1 heterocycles. The van der Waals surface area contributed by atoms with E-state index in [4.69, 9.17) is 14.2 Å². The van der Waals surface area contributed by atoms with Gasteiger partial charge in [-0.3, -0.25) is 0 Å². The largest absolute Gasteiger partial charge is 0.496 e. The van der Waals surface area contributed by atoms with Crippen LogP contribution in [0.5, 0.6) is 11.5 Å². The Hall–Kier alpha value is -3.34. The average Bonchev–Trinajstić information content (AvgIpc) is 2.89. The van der Waals surface area contributed by atoms with Crippen molar-refractivity contribution < 1.29 is 23.8 Å². The second-order valence-electron chi connectivity index (χ2n) is 6.25. The van der Waals surface area contributed by atoms with Crippen molar-refractivity contribution in [2.75, 3.05) is 14.2 Å². The first-order valence-corrected chi connectivity index (χ1v) is 8.42. The standard InChI is InChI=1S/C22H20O5/c1-13-9-15(5-7-19(13)25-3)11-17-18(22(24)27-21(17)23)12-16-6-8-20(26-4)14(2)10-16/h5-12H,1-4H3/b17-11+,18-12?. The molecule has 2 aromatic rings. The highest BCUT2D eigenvalue weighted by Gasteiger charge is 2.33. The summed E-state index contributed by atoms with van der Waals surface area (Å²) in [5.74, 6) is 0.216. The average molecular weight is 364 g/mol. The van der Waals surface area contributed by atoms with Gasteiger partial charge >= 0.3 is 11.9 Å². The summed E-state index contributed by atoms with van der Waals surface area (Å²) in [5.41, 5.74) is 3.90. The Morgan fingerprint density at radius 3 is 1.48 bits per heavy atom. The van der Waals surface area contributed by atoms with Crippen molar-refractivity contribution in [2.45, 2.75) is 13.8 Å². The first-order chi connectivity index (χ1) is 12.9. The van der Waals surface area contributed by atoms with E-state index in [9.17, 15) is 9.59 Å². The molecule has 0 unspecified atom stereocenters. The highest BCUT2D eigenvalue weighted by Crippen LogP contribution is 2.29. The molecular weight excluding hydrogens is 344 g/mol. The number of cyclic esters (lactones) is 2. The molecule has 138 valence electrons. The third-order valence-electron chi connectivity index (χ3n) is 4.38. The van der Waals surface area contributed by atoms with Crippen molar-refractivity contribution in [1.29, 1.82) is 0 Å². The van der Waals surface area contributed by atoms with Crippen LogP contribution in [0.1, 0.15) is 22.3 Å². The first kappa shape index (κ1) is 18.5. The number of carbonyl (C=O) groups excluding carboxylic acids is 2. The Balaban J connectivity index is 2.03. The molecule has 5 heteroatoms. The molecule has 1 aliphatic rings. The molecule has 0 aliphatic carbocycles. The molecule has 3 rings (SSSR count). The molecule has 0 saturated carbocycles. The number of carbonyl (C=O) groups is 2. The van der Waals surface area contributed by atoms with E-state index in [0.717, 1.165) is 33.8 Å². The van der Waals surface area contributed by atoms with Gasteiger partial charge in [0.2, 0.25) is 0 Å². The van der Waals surface area contributed by atoms with Crippen molar-refractivity contribution in [1.82, 2.24) is 0 Å². The fraction of sp³-hybridized carbons (Fsp3) is 0.182. The lowest BCUT2D eigenvalue weighted by Crippen LogP contribution is -1.97. The van der Waals surface area contributed by atoms with Crippen LogP contribution in [0, 0.1) is 13.8 Å². The normalized spacial score (nSPS) is 16.7. The summed E-state index contributed by atoms with van der Waals surface area (Å²) in [6, 6.07) is 11.1. The number of benzene rings is 2. The smallest absolute Gasteiger partial charge is 0.346 e. The summed E-state index contributed by atoms with van der Waals surface area (Å²) in [6.45, 7) is 3.83. The summed E-state index contributed by atoms with van der Waals surface area (Å²) >= 11 is 0. The topological polar surface area (TPSA) is 61.8 Å². The number of aryl methyl sites for hydroxylation is 2. The maximum Gasteiger partial charge on any atom is 0.346 e. The van der Waals surface area contributed by atoms with E-state index < -0.39 is 11.9 Å². The molecule has 0 aromatic heterocycles. The molecule has 0 radical (unpaired) electrons. The second-order valence-corrected chi connectivity index (χ2v) is 6.25. The van der Waals surface area contributed by atoms with Gasteiger partial charge in [-0.25, -0.2) is 9.59 Å². The van der Waals surface area contributed by atoms with Crippen molar-refractivity contribution in [2.24, 2.45) is 0 Å². The summed E-state index contributed by atoms with van der Waals surface area (Å²) < 4.78 is 15.3. The highest BCUT2D eigenvalue weighted by atomic mass is 16.6. The van der Waals surface area contributed by atoms with E-state index >= 15 is 0 Å².